The number of carbonyl (C=O) groups is 3. The SMILES string of the molecule is CCCCCNc1nc(N)nc2c(Cl)cn(Cc3ccc(CN4CCC[C@@H]4OC(=O)N(C)CCN4C(=O)C=CC4=O)cc3OC)c12. The topological polar surface area (TPSA) is 148 Å². The second-order valence-electron chi connectivity index (χ2n) is 11.5. The van der Waals surface area contributed by atoms with Gasteiger partial charge in [0.25, 0.3) is 11.8 Å². The van der Waals surface area contributed by atoms with Gasteiger partial charge in [-0.25, -0.2) is 9.78 Å². The van der Waals surface area contributed by atoms with Crippen molar-refractivity contribution in [3.63, 3.8) is 0 Å². The number of aromatic nitrogens is 3. The minimum absolute atomic E-state index is 0.111. The molecule has 3 aromatic rings. The Kier molecular flexibility index (Phi) is 10.6. The van der Waals surface area contributed by atoms with Gasteiger partial charge in [0, 0.05) is 63.7 Å². The first kappa shape index (κ1) is 33.0. The molecular formula is C32H41ClN8O5. The van der Waals surface area contributed by atoms with E-state index in [4.69, 9.17) is 26.8 Å². The van der Waals surface area contributed by atoms with Crippen LogP contribution in [0.25, 0.3) is 11.0 Å². The van der Waals surface area contributed by atoms with Crippen LogP contribution in [0, 0.1) is 0 Å². The van der Waals surface area contributed by atoms with Crippen molar-refractivity contribution in [1.82, 2.24) is 29.2 Å². The third kappa shape index (κ3) is 7.53. The van der Waals surface area contributed by atoms with E-state index in [1.54, 1.807) is 14.2 Å². The predicted molar refractivity (Wildman–Crippen MR) is 175 cm³/mol. The van der Waals surface area contributed by atoms with Gasteiger partial charge in [0.05, 0.1) is 18.7 Å². The van der Waals surface area contributed by atoms with E-state index in [1.165, 1.54) is 17.1 Å². The Morgan fingerprint density at radius 2 is 1.96 bits per heavy atom. The number of nitrogens with one attached hydrogen (secondary N) is 1. The van der Waals surface area contributed by atoms with Crippen LogP contribution < -0.4 is 15.8 Å². The molecule has 2 aliphatic heterocycles. The van der Waals surface area contributed by atoms with Crippen LogP contribution >= 0.6 is 11.6 Å². The van der Waals surface area contributed by atoms with Gasteiger partial charge >= 0.3 is 6.09 Å². The zero-order valence-electron chi connectivity index (χ0n) is 26.5. The average Bonchev–Trinajstić information content (AvgIpc) is 3.71. The maximum Gasteiger partial charge on any atom is 0.411 e. The van der Waals surface area contributed by atoms with Crippen molar-refractivity contribution in [3.05, 3.63) is 52.7 Å². The molecule has 0 radical (unpaired) electrons. The predicted octanol–water partition coefficient (Wildman–Crippen LogP) is 4.24. The fourth-order valence-corrected chi connectivity index (χ4v) is 6.00. The molecular weight excluding hydrogens is 612 g/mol. The van der Waals surface area contributed by atoms with Gasteiger partial charge in [0.15, 0.2) is 12.0 Å². The molecule has 0 saturated carbocycles. The van der Waals surface area contributed by atoms with Crippen LogP contribution in [0.4, 0.5) is 16.6 Å². The van der Waals surface area contributed by atoms with E-state index in [0.29, 0.717) is 35.9 Å². The standard InChI is InChI=1S/C32H41ClN8O5/c1-4-5-6-13-35-30-29-28(36-31(34)37-30)23(33)20-40(29)19-22-10-9-21(17-24(22)45-3)18-39-14-7-8-27(39)46-32(44)38(2)15-16-41-25(42)11-12-26(41)43/h9-12,17,20,27H,4-8,13-16,18-19H2,1-3H3,(H3,34,35,36,37)/t27-/m0/s1. The van der Waals surface area contributed by atoms with Crippen molar-refractivity contribution in [2.75, 3.05) is 51.4 Å². The van der Waals surface area contributed by atoms with Gasteiger partial charge in [0.1, 0.15) is 16.8 Å². The number of halogens is 1. The maximum absolute atomic E-state index is 12.8. The van der Waals surface area contributed by atoms with Crippen molar-refractivity contribution >= 4 is 52.3 Å². The highest BCUT2D eigenvalue weighted by molar-refractivity contribution is 6.35. The third-order valence-electron chi connectivity index (χ3n) is 8.25. The molecule has 2 aliphatic rings. The Labute approximate surface area is 273 Å². The van der Waals surface area contributed by atoms with E-state index in [-0.39, 0.29) is 37.1 Å². The number of ether oxygens (including phenoxy) is 2. The van der Waals surface area contributed by atoms with Crippen molar-refractivity contribution in [2.45, 2.75) is 58.3 Å². The molecule has 1 fully saturated rings. The van der Waals surface area contributed by atoms with Crippen LogP contribution in [-0.4, -0.2) is 93.7 Å². The Balaban J connectivity index is 1.24. The molecule has 4 heterocycles. The molecule has 0 spiro atoms. The zero-order valence-corrected chi connectivity index (χ0v) is 27.3. The van der Waals surface area contributed by atoms with Crippen molar-refractivity contribution < 1.29 is 23.9 Å². The van der Waals surface area contributed by atoms with Crippen LogP contribution in [-0.2, 0) is 27.4 Å². The smallest absolute Gasteiger partial charge is 0.411 e. The molecule has 0 bridgehead atoms. The number of nitrogens with zero attached hydrogens (tertiary/aromatic N) is 6. The molecule has 2 aromatic heterocycles. The second-order valence-corrected chi connectivity index (χ2v) is 12.0. The summed E-state index contributed by atoms with van der Waals surface area (Å²) >= 11 is 6.59. The summed E-state index contributed by atoms with van der Waals surface area (Å²) in [6.07, 6.45) is 8.25. The Hall–Kier alpha value is -4.36. The minimum Gasteiger partial charge on any atom is -0.496 e. The van der Waals surface area contributed by atoms with E-state index in [2.05, 4.69) is 27.1 Å². The van der Waals surface area contributed by atoms with E-state index in [0.717, 1.165) is 66.1 Å². The molecule has 46 heavy (non-hydrogen) atoms. The molecule has 1 aromatic carbocycles. The number of nitrogen functional groups attached to an aromatic ring is 1. The number of nitrogens with two attached hydrogens (primary N) is 1. The number of fused-ring (bicyclic) bond motifs is 1. The molecule has 246 valence electrons. The van der Waals surface area contributed by atoms with Crippen LogP contribution in [0.5, 0.6) is 5.75 Å². The molecule has 13 nitrogen and oxygen atoms in total. The fraction of sp³-hybridized carbons (Fsp3) is 0.469. The number of likely N-dealkylation sites (N-methyl/N-ethyl adjacent to an activating group) is 1. The summed E-state index contributed by atoms with van der Waals surface area (Å²) in [5.41, 5.74) is 9.34. The Morgan fingerprint density at radius 1 is 1.17 bits per heavy atom. The van der Waals surface area contributed by atoms with Gasteiger partial charge in [-0.05, 0) is 30.9 Å². The number of carbonyl (C=O) groups excluding carboxylic acids is 3. The van der Waals surface area contributed by atoms with Gasteiger partial charge in [-0.15, -0.1) is 0 Å². The molecule has 0 unspecified atom stereocenters. The molecule has 3 N–H and O–H groups in total. The first-order valence-electron chi connectivity index (χ1n) is 15.6. The molecule has 0 aliphatic carbocycles. The van der Waals surface area contributed by atoms with E-state index >= 15 is 0 Å². The van der Waals surface area contributed by atoms with Gasteiger partial charge in [-0.3, -0.25) is 19.4 Å². The molecule has 1 saturated heterocycles. The number of hydrogen-bond acceptors (Lipinski definition) is 10. The van der Waals surface area contributed by atoms with Crippen molar-refractivity contribution in [3.8, 4) is 5.75 Å². The highest BCUT2D eigenvalue weighted by Gasteiger charge is 2.30. The Bertz CT molecular complexity index is 1610. The minimum atomic E-state index is -0.501. The van der Waals surface area contributed by atoms with E-state index in [9.17, 15) is 14.4 Å². The van der Waals surface area contributed by atoms with Crippen LogP contribution in [0.15, 0.2) is 36.5 Å². The summed E-state index contributed by atoms with van der Waals surface area (Å²) < 4.78 is 13.6. The number of imide groups is 1. The summed E-state index contributed by atoms with van der Waals surface area (Å²) in [4.78, 5) is 49.9. The van der Waals surface area contributed by atoms with E-state index < -0.39 is 6.09 Å². The van der Waals surface area contributed by atoms with Crippen LogP contribution in [0.1, 0.15) is 50.2 Å². The normalized spacial score (nSPS) is 16.5. The second kappa shape index (κ2) is 14.8. The Morgan fingerprint density at radius 3 is 2.70 bits per heavy atom. The van der Waals surface area contributed by atoms with E-state index in [1.807, 2.05) is 29.0 Å². The zero-order chi connectivity index (χ0) is 32.8. The summed E-state index contributed by atoms with van der Waals surface area (Å²) in [7, 11) is 3.24. The summed E-state index contributed by atoms with van der Waals surface area (Å²) in [6.45, 7) is 5.04. The summed E-state index contributed by atoms with van der Waals surface area (Å²) in [5, 5.41) is 3.90. The first-order valence-corrected chi connectivity index (χ1v) is 16.0. The monoisotopic (exact) mass is 652 g/mol. The average molecular weight is 653 g/mol. The molecule has 3 amide bonds. The number of hydrogen-bond donors (Lipinski definition) is 2. The first-order chi connectivity index (χ1) is 22.2. The lowest BCUT2D eigenvalue weighted by Crippen LogP contribution is -2.42. The number of unbranched alkanes of at least 4 members (excludes halogenated alkanes) is 2. The highest BCUT2D eigenvalue weighted by Crippen LogP contribution is 2.32. The third-order valence-corrected chi connectivity index (χ3v) is 8.52. The van der Waals surface area contributed by atoms with Gasteiger partial charge < -0.3 is 30.0 Å². The van der Waals surface area contributed by atoms with Gasteiger partial charge in [-0.2, -0.15) is 4.98 Å². The number of rotatable bonds is 14. The molecule has 5 rings (SSSR count). The highest BCUT2D eigenvalue weighted by atomic mass is 35.5. The largest absolute Gasteiger partial charge is 0.496 e. The van der Waals surface area contributed by atoms with Gasteiger partial charge in [-0.1, -0.05) is 43.5 Å². The van der Waals surface area contributed by atoms with Crippen molar-refractivity contribution in [2.24, 2.45) is 0 Å². The number of likely N-dealkylation sites (tertiary alicyclic amines) is 1. The number of amides is 3. The molecule has 1 atom stereocenters. The lowest BCUT2D eigenvalue weighted by atomic mass is 10.1. The van der Waals surface area contributed by atoms with Gasteiger partial charge in [0.2, 0.25) is 5.95 Å². The maximum atomic E-state index is 12.8. The number of anilines is 2. The van der Waals surface area contributed by atoms with Crippen LogP contribution in [0.2, 0.25) is 5.02 Å². The molecule has 14 heteroatoms. The lowest BCUT2D eigenvalue weighted by Gasteiger charge is -2.27. The van der Waals surface area contributed by atoms with Crippen molar-refractivity contribution in [1.29, 1.82) is 0 Å². The number of methoxy groups -OCH3 is 1. The lowest BCUT2D eigenvalue weighted by molar-refractivity contribution is -0.137. The quantitative estimate of drug-likeness (QED) is 0.191. The fourth-order valence-electron chi connectivity index (χ4n) is 5.75. The van der Waals surface area contributed by atoms with Crippen LogP contribution in [0.3, 0.4) is 0 Å². The summed E-state index contributed by atoms with van der Waals surface area (Å²) in [5.74, 6) is 0.782. The number of benzene rings is 1. The summed E-state index contributed by atoms with van der Waals surface area (Å²) in [6, 6.07) is 6.08.